The SMILES string of the molecule is CC(C)c1cc2cc(N3CCOCC3)ccc2nc1Cl. The van der Waals surface area contributed by atoms with Crippen LogP contribution in [0.5, 0.6) is 0 Å². The number of hydrogen-bond donors (Lipinski definition) is 0. The molecular weight excluding hydrogens is 272 g/mol. The molecule has 2 heterocycles. The summed E-state index contributed by atoms with van der Waals surface area (Å²) in [4.78, 5) is 6.86. The van der Waals surface area contributed by atoms with E-state index in [1.807, 2.05) is 0 Å². The number of rotatable bonds is 2. The van der Waals surface area contributed by atoms with Gasteiger partial charge in [-0.3, -0.25) is 0 Å². The van der Waals surface area contributed by atoms with Gasteiger partial charge in [0.05, 0.1) is 18.7 Å². The molecule has 0 amide bonds. The first-order valence-corrected chi connectivity index (χ1v) is 7.46. The van der Waals surface area contributed by atoms with Crippen LogP contribution in [0.15, 0.2) is 24.3 Å². The Hall–Kier alpha value is -1.32. The smallest absolute Gasteiger partial charge is 0.133 e. The molecule has 0 radical (unpaired) electrons. The van der Waals surface area contributed by atoms with Gasteiger partial charge in [-0.1, -0.05) is 25.4 Å². The third kappa shape index (κ3) is 2.60. The van der Waals surface area contributed by atoms with Crippen LogP contribution in [-0.4, -0.2) is 31.3 Å². The minimum atomic E-state index is 0.381. The van der Waals surface area contributed by atoms with Crippen LogP contribution in [0.4, 0.5) is 5.69 Å². The van der Waals surface area contributed by atoms with Gasteiger partial charge in [-0.15, -0.1) is 0 Å². The van der Waals surface area contributed by atoms with Crippen LogP contribution in [-0.2, 0) is 4.74 Å². The van der Waals surface area contributed by atoms with Gasteiger partial charge in [0.15, 0.2) is 0 Å². The first kappa shape index (κ1) is 13.7. The largest absolute Gasteiger partial charge is 0.378 e. The normalized spacial score (nSPS) is 16.1. The van der Waals surface area contributed by atoms with Crippen molar-refractivity contribution in [3.05, 3.63) is 35.0 Å². The third-order valence-electron chi connectivity index (χ3n) is 3.78. The summed E-state index contributed by atoms with van der Waals surface area (Å²) in [6.45, 7) is 7.77. The van der Waals surface area contributed by atoms with E-state index in [-0.39, 0.29) is 0 Å². The zero-order chi connectivity index (χ0) is 14.1. The van der Waals surface area contributed by atoms with Crippen molar-refractivity contribution in [3.63, 3.8) is 0 Å². The van der Waals surface area contributed by atoms with Gasteiger partial charge < -0.3 is 9.64 Å². The Labute approximate surface area is 124 Å². The monoisotopic (exact) mass is 290 g/mol. The van der Waals surface area contributed by atoms with Gasteiger partial charge in [0, 0.05) is 24.2 Å². The minimum Gasteiger partial charge on any atom is -0.378 e. The number of morpholine rings is 1. The van der Waals surface area contributed by atoms with Crippen molar-refractivity contribution in [3.8, 4) is 0 Å². The Bertz CT molecular complexity index is 621. The highest BCUT2D eigenvalue weighted by atomic mass is 35.5. The molecule has 0 spiro atoms. The molecule has 1 saturated heterocycles. The van der Waals surface area contributed by atoms with Gasteiger partial charge in [0.1, 0.15) is 5.15 Å². The number of anilines is 1. The first-order chi connectivity index (χ1) is 9.65. The molecule has 1 aliphatic rings. The summed E-state index contributed by atoms with van der Waals surface area (Å²) in [5.41, 5.74) is 3.30. The second-order valence-electron chi connectivity index (χ2n) is 5.50. The molecule has 20 heavy (non-hydrogen) atoms. The summed E-state index contributed by atoms with van der Waals surface area (Å²) in [7, 11) is 0. The summed E-state index contributed by atoms with van der Waals surface area (Å²) < 4.78 is 5.40. The lowest BCUT2D eigenvalue weighted by atomic mass is 10.0. The summed E-state index contributed by atoms with van der Waals surface area (Å²) in [5.74, 6) is 0.381. The van der Waals surface area contributed by atoms with E-state index in [2.05, 4.69) is 48.0 Å². The van der Waals surface area contributed by atoms with E-state index < -0.39 is 0 Å². The molecular formula is C16H19ClN2O. The number of nitrogens with zero attached hydrogens (tertiary/aromatic N) is 2. The third-order valence-corrected chi connectivity index (χ3v) is 4.08. The van der Waals surface area contributed by atoms with E-state index in [0.29, 0.717) is 11.1 Å². The molecule has 4 heteroatoms. The first-order valence-electron chi connectivity index (χ1n) is 7.08. The lowest BCUT2D eigenvalue weighted by Crippen LogP contribution is -2.36. The van der Waals surface area contributed by atoms with Gasteiger partial charge in [0.2, 0.25) is 0 Å². The van der Waals surface area contributed by atoms with E-state index in [0.717, 1.165) is 42.8 Å². The van der Waals surface area contributed by atoms with Crippen LogP contribution in [0.25, 0.3) is 10.9 Å². The maximum Gasteiger partial charge on any atom is 0.133 e. The number of halogens is 1. The number of benzene rings is 1. The number of pyridine rings is 1. The van der Waals surface area contributed by atoms with E-state index >= 15 is 0 Å². The van der Waals surface area contributed by atoms with E-state index in [9.17, 15) is 0 Å². The van der Waals surface area contributed by atoms with Crippen LogP contribution >= 0.6 is 11.6 Å². The van der Waals surface area contributed by atoms with Crippen LogP contribution in [0.1, 0.15) is 25.3 Å². The molecule has 0 aliphatic carbocycles. The van der Waals surface area contributed by atoms with Crippen LogP contribution in [0.2, 0.25) is 5.15 Å². The second-order valence-corrected chi connectivity index (χ2v) is 5.86. The van der Waals surface area contributed by atoms with Gasteiger partial charge in [-0.25, -0.2) is 4.98 Å². The molecule has 0 bridgehead atoms. The number of ether oxygens (including phenoxy) is 1. The highest BCUT2D eigenvalue weighted by Gasteiger charge is 2.13. The average molecular weight is 291 g/mol. The molecule has 0 unspecified atom stereocenters. The molecule has 0 N–H and O–H groups in total. The summed E-state index contributed by atoms with van der Waals surface area (Å²) in [6.07, 6.45) is 0. The van der Waals surface area contributed by atoms with Crippen molar-refractivity contribution in [2.75, 3.05) is 31.2 Å². The van der Waals surface area contributed by atoms with Crippen molar-refractivity contribution in [2.45, 2.75) is 19.8 Å². The van der Waals surface area contributed by atoms with Crippen molar-refractivity contribution < 1.29 is 4.74 Å². The molecule has 1 aromatic heterocycles. The molecule has 106 valence electrons. The average Bonchev–Trinajstić information content (AvgIpc) is 2.47. The lowest BCUT2D eigenvalue weighted by molar-refractivity contribution is 0.122. The van der Waals surface area contributed by atoms with Crippen molar-refractivity contribution >= 4 is 28.2 Å². The molecule has 0 saturated carbocycles. The predicted molar refractivity (Wildman–Crippen MR) is 83.9 cm³/mol. The van der Waals surface area contributed by atoms with E-state index in [1.54, 1.807) is 0 Å². The van der Waals surface area contributed by atoms with Crippen LogP contribution < -0.4 is 4.90 Å². The minimum absolute atomic E-state index is 0.381. The standard InChI is InChI=1S/C16H19ClN2O/c1-11(2)14-10-12-9-13(19-5-7-20-8-6-19)3-4-15(12)18-16(14)17/h3-4,9-11H,5-8H2,1-2H3. The Morgan fingerprint density at radius 3 is 2.65 bits per heavy atom. The zero-order valence-corrected chi connectivity index (χ0v) is 12.7. The Kier molecular flexibility index (Phi) is 3.81. The molecule has 0 atom stereocenters. The van der Waals surface area contributed by atoms with Crippen molar-refractivity contribution in [1.82, 2.24) is 4.98 Å². The van der Waals surface area contributed by atoms with Gasteiger partial charge >= 0.3 is 0 Å². The quantitative estimate of drug-likeness (QED) is 0.786. The number of fused-ring (bicyclic) bond motifs is 1. The van der Waals surface area contributed by atoms with Gasteiger partial charge in [0.25, 0.3) is 0 Å². The Morgan fingerprint density at radius 2 is 1.95 bits per heavy atom. The van der Waals surface area contributed by atoms with Crippen LogP contribution in [0.3, 0.4) is 0 Å². The maximum absolute atomic E-state index is 6.25. The Morgan fingerprint density at radius 1 is 1.20 bits per heavy atom. The molecule has 3 rings (SSSR count). The second kappa shape index (κ2) is 5.58. The zero-order valence-electron chi connectivity index (χ0n) is 11.9. The fraction of sp³-hybridized carbons (Fsp3) is 0.438. The molecule has 1 aliphatic heterocycles. The summed E-state index contributed by atoms with van der Waals surface area (Å²) >= 11 is 6.25. The maximum atomic E-state index is 6.25. The molecule has 2 aromatic rings. The van der Waals surface area contributed by atoms with E-state index in [4.69, 9.17) is 16.3 Å². The van der Waals surface area contributed by atoms with Gasteiger partial charge in [-0.05, 0) is 35.7 Å². The lowest BCUT2D eigenvalue weighted by Gasteiger charge is -2.29. The topological polar surface area (TPSA) is 25.4 Å². The molecule has 1 aromatic carbocycles. The van der Waals surface area contributed by atoms with Crippen LogP contribution in [0, 0.1) is 0 Å². The summed E-state index contributed by atoms with van der Waals surface area (Å²) in [6, 6.07) is 8.54. The number of hydrogen-bond acceptors (Lipinski definition) is 3. The van der Waals surface area contributed by atoms with Gasteiger partial charge in [-0.2, -0.15) is 0 Å². The van der Waals surface area contributed by atoms with Crippen molar-refractivity contribution in [1.29, 1.82) is 0 Å². The fourth-order valence-corrected chi connectivity index (χ4v) is 2.94. The van der Waals surface area contributed by atoms with E-state index in [1.165, 1.54) is 5.69 Å². The number of aromatic nitrogens is 1. The molecule has 3 nitrogen and oxygen atoms in total. The summed E-state index contributed by atoms with van der Waals surface area (Å²) in [5, 5.41) is 1.77. The Balaban J connectivity index is 2.02. The molecule has 1 fully saturated rings. The fourth-order valence-electron chi connectivity index (χ4n) is 2.58. The predicted octanol–water partition coefficient (Wildman–Crippen LogP) is 3.85. The van der Waals surface area contributed by atoms with Crippen molar-refractivity contribution in [2.24, 2.45) is 0 Å². The highest BCUT2D eigenvalue weighted by molar-refractivity contribution is 6.30. The highest BCUT2D eigenvalue weighted by Crippen LogP contribution is 2.29.